The van der Waals surface area contributed by atoms with Crippen LogP contribution in [0.1, 0.15) is 194 Å². The van der Waals surface area contributed by atoms with Crippen molar-refractivity contribution < 1.29 is 37.3 Å². The summed E-state index contributed by atoms with van der Waals surface area (Å²) in [7, 11) is 1.33. The van der Waals surface area contributed by atoms with Crippen LogP contribution in [0.3, 0.4) is 0 Å². The molecule has 8 nitrogen and oxygen atoms in total. The van der Waals surface area contributed by atoms with Gasteiger partial charge in [-0.3, -0.25) is 9.36 Å². The number of carbonyl (C=O) groups is 1. The van der Waals surface area contributed by atoms with Crippen LogP contribution in [0.5, 0.6) is 0 Å². The van der Waals surface area contributed by atoms with Crippen molar-refractivity contribution in [3.8, 4) is 0 Å². The molecule has 9 heteroatoms. The fourth-order valence-electron chi connectivity index (χ4n) is 6.29. The van der Waals surface area contributed by atoms with Crippen LogP contribution in [-0.4, -0.2) is 70.7 Å². The van der Waals surface area contributed by atoms with Crippen LogP contribution in [0.15, 0.2) is 60.8 Å². The molecule has 0 aromatic rings. The summed E-state index contributed by atoms with van der Waals surface area (Å²) in [6.45, 7) is 5.33. The van der Waals surface area contributed by atoms with E-state index in [1.54, 1.807) is 0 Å². The molecule has 2 atom stereocenters. The van der Waals surface area contributed by atoms with Crippen LogP contribution in [0, 0.1) is 0 Å². The zero-order chi connectivity index (χ0) is 43.4. The zero-order valence-corrected chi connectivity index (χ0v) is 39.8. The summed E-state index contributed by atoms with van der Waals surface area (Å²) in [4.78, 5) is 25.1. The molecule has 0 spiro atoms. The third-order valence-corrected chi connectivity index (χ3v) is 11.0. The number of esters is 1. The molecule has 0 aliphatic carbocycles. The highest BCUT2D eigenvalue weighted by molar-refractivity contribution is 7.45. The molecule has 0 bridgehead atoms. The van der Waals surface area contributed by atoms with Gasteiger partial charge in [0.05, 0.1) is 34.4 Å². The van der Waals surface area contributed by atoms with Gasteiger partial charge in [-0.25, -0.2) is 0 Å². The van der Waals surface area contributed by atoms with Gasteiger partial charge in [0.2, 0.25) is 0 Å². The van der Waals surface area contributed by atoms with Gasteiger partial charge in [0.15, 0.2) is 0 Å². The topological polar surface area (TPSA) is 94.1 Å². The number of carbonyl (C=O) groups excluding carboxylic acids is 1. The number of allylic oxidation sites excluding steroid dienone is 10. The first-order chi connectivity index (χ1) is 28.6. The molecule has 2 unspecified atom stereocenters. The molecule has 0 rings (SSSR count). The standard InChI is InChI=1S/C50H92NO7P/c1-6-8-10-12-14-16-18-20-22-24-25-26-27-28-29-31-33-35-37-39-41-43-50(52)58-49(48-57-59(53,54)56-46-44-51(3,4)5)47-55-45-42-40-38-36-34-32-30-23-21-19-17-15-13-11-9-7-2/h15,17-18,20-21,23-25,27-28,49H,6-14,16,19,22,26,29-48H2,1-5H3/b17-15-,20-18-,23-21-,25-24-,28-27-. The van der Waals surface area contributed by atoms with Gasteiger partial charge in [-0.15, -0.1) is 0 Å². The molecular weight excluding hydrogens is 758 g/mol. The number of hydrogen-bond acceptors (Lipinski definition) is 7. The SMILES string of the molecule is CCCCC/C=C\C/C=C\CCCCCCCCOCC(COP(=O)([O-])OCC[N+](C)(C)C)OC(=O)CCCCCCCC/C=C\C/C=C\C/C=C\CCCCCCC. The summed E-state index contributed by atoms with van der Waals surface area (Å²) in [5.41, 5.74) is 0. The molecule has 0 amide bonds. The molecule has 0 aliphatic rings. The summed E-state index contributed by atoms with van der Waals surface area (Å²) in [5.74, 6) is -0.351. The summed E-state index contributed by atoms with van der Waals surface area (Å²) >= 11 is 0. The fourth-order valence-corrected chi connectivity index (χ4v) is 7.02. The average Bonchev–Trinajstić information content (AvgIpc) is 3.19. The first-order valence-electron chi connectivity index (χ1n) is 24.0. The lowest BCUT2D eigenvalue weighted by molar-refractivity contribution is -0.870. The van der Waals surface area contributed by atoms with Crippen molar-refractivity contribution in [3.05, 3.63) is 60.8 Å². The molecule has 59 heavy (non-hydrogen) atoms. The number of likely N-dealkylation sites (N-methyl/N-ethyl adjacent to an activating group) is 1. The maximum atomic E-state index is 12.7. The van der Waals surface area contributed by atoms with E-state index in [0.29, 0.717) is 24.1 Å². The number of quaternary nitrogens is 1. The van der Waals surface area contributed by atoms with E-state index in [1.807, 2.05) is 21.1 Å². The lowest BCUT2D eigenvalue weighted by Crippen LogP contribution is -2.37. The van der Waals surface area contributed by atoms with E-state index in [0.717, 1.165) is 77.0 Å². The van der Waals surface area contributed by atoms with Crippen LogP contribution in [0.25, 0.3) is 0 Å². The van der Waals surface area contributed by atoms with Crippen LogP contribution in [0.4, 0.5) is 0 Å². The molecule has 344 valence electrons. The van der Waals surface area contributed by atoms with Crippen LogP contribution in [0.2, 0.25) is 0 Å². The highest BCUT2D eigenvalue weighted by atomic mass is 31.2. The zero-order valence-electron chi connectivity index (χ0n) is 38.9. The third-order valence-electron chi connectivity index (χ3n) is 10.0. The second kappa shape index (κ2) is 42.9. The molecule has 0 N–H and O–H groups in total. The van der Waals surface area contributed by atoms with Gasteiger partial charge < -0.3 is 27.9 Å². The summed E-state index contributed by atoms with van der Waals surface area (Å²) in [6.07, 6.45) is 53.7. The molecule has 0 radical (unpaired) electrons. The van der Waals surface area contributed by atoms with Crippen molar-refractivity contribution in [3.63, 3.8) is 0 Å². The van der Waals surface area contributed by atoms with E-state index in [9.17, 15) is 14.3 Å². The number of nitrogens with zero attached hydrogens (tertiary/aromatic N) is 1. The largest absolute Gasteiger partial charge is 0.756 e. The van der Waals surface area contributed by atoms with Gasteiger partial charge in [-0.05, 0) is 83.5 Å². The number of hydrogen-bond donors (Lipinski definition) is 0. The second-order valence-corrected chi connectivity index (χ2v) is 18.5. The van der Waals surface area contributed by atoms with E-state index < -0.39 is 13.9 Å². The molecule has 0 aromatic carbocycles. The van der Waals surface area contributed by atoms with Crippen LogP contribution >= 0.6 is 7.82 Å². The van der Waals surface area contributed by atoms with Crippen molar-refractivity contribution in [1.82, 2.24) is 0 Å². The Morgan fingerprint density at radius 3 is 1.42 bits per heavy atom. The number of ether oxygens (including phenoxy) is 2. The van der Waals surface area contributed by atoms with Gasteiger partial charge in [0, 0.05) is 13.0 Å². The number of phosphoric ester groups is 1. The Morgan fingerprint density at radius 1 is 0.525 bits per heavy atom. The first kappa shape index (κ1) is 57.2. The highest BCUT2D eigenvalue weighted by Gasteiger charge is 2.20. The molecule has 0 aromatic heterocycles. The van der Waals surface area contributed by atoms with Gasteiger partial charge in [0.25, 0.3) is 7.82 Å². The smallest absolute Gasteiger partial charge is 0.306 e. The fraction of sp³-hybridized carbons (Fsp3) is 0.780. The first-order valence-corrected chi connectivity index (χ1v) is 25.5. The Bertz CT molecular complexity index is 1130. The quantitative estimate of drug-likeness (QED) is 0.0198. The summed E-state index contributed by atoms with van der Waals surface area (Å²) < 4.78 is 34.6. The lowest BCUT2D eigenvalue weighted by atomic mass is 10.1. The normalized spacial score (nSPS) is 14.2. The maximum absolute atomic E-state index is 12.7. The van der Waals surface area contributed by atoms with Gasteiger partial charge >= 0.3 is 5.97 Å². The average molecular weight is 850 g/mol. The highest BCUT2D eigenvalue weighted by Crippen LogP contribution is 2.38. The minimum Gasteiger partial charge on any atom is -0.756 e. The van der Waals surface area contributed by atoms with Crippen molar-refractivity contribution in [2.45, 2.75) is 200 Å². The third kappa shape index (κ3) is 47.1. The van der Waals surface area contributed by atoms with Gasteiger partial charge in [-0.2, -0.15) is 0 Å². The predicted octanol–water partition coefficient (Wildman–Crippen LogP) is 13.9. The minimum atomic E-state index is -4.54. The molecular formula is C50H92NO7P. The molecule has 0 aliphatic heterocycles. The van der Waals surface area contributed by atoms with Gasteiger partial charge in [0.1, 0.15) is 19.3 Å². The lowest BCUT2D eigenvalue weighted by Gasteiger charge is -2.28. The Labute approximate surface area is 364 Å². The number of unbranched alkanes of at least 4 members (excludes halogenated alkanes) is 20. The Hall–Kier alpha value is -1.80. The van der Waals surface area contributed by atoms with Crippen molar-refractivity contribution in [2.24, 2.45) is 0 Å². The molecule has 0 heterocycles. The Morgan fingerprint density at radius 2 is 0.932 bits per heavy atom. The monoisotopic (exact) mass is 850 g/mol. The molecule has 0 fully saturated rings. The van der Waals surface area contributed by atoms with Gasteiger partial charge in [-0.1, -0.05) is 164 Å². The Kier molecular flexibility index (Phi) is 41.6. The van der Waals surface area contributed by atoms with E-state index >= 15 is 0 Å². The van der Waals surface area contributed by atoms with E-state index in [2.05, 4.69) is 74.6 Å². The minimum absolute atomic E-state index is 0.0186. The van der Waals surface area contributed by atoms with Crippen molar-refractivity contribution >= 4 is 13.8 Å². The van der Waals surface area contributed by atoms with E-state index in [-0.39, 0.29) is 25.8 Å². The number of phosphoric acid groups is 1. The van der Waals surface area contributed by atoms with Crippen molar-refractivity contribution in [1.29, 1.82) is 0 Å². The van der Waals surface area contributed by atoms with E-state index in [1.165, 1.54) is 96.3 Å². The molecule has 0 saturated heterocycles. The summed E-state index contributed by atoms with van der Waals surface area (Å²) in [5, 5.41) is 0. The van der Waals surface area contributed by atoms with E-state index in [4.69, 9.17) is 18.5 Å². The summed E-state index contributed by atoms with van der Waals surface area (Å²) in [6, 6.07) is 0. The molecule has 0 saturated carbocycles. The predicted molar refractivity (Wildman–Crippen MR) is 249 cm³/mol. The van der Waals surface area contributed by atoms with Crippen molar-refractivity contribution in [2.75, 3.05) is 54.1 Å². The number of rotatable bonds is 44. The van der Waals surface area contributed by atoms with Crippen LogP contribution < -0.4 is 4.89 Å². The Balaban J connectivity index is 4.24. The second-order valence-electron chi connectivity index (χ2n) is 17.1. The van der Waals surface area contributed by atoms with Crippen LogP contribution in [-0.2, 0) is 27.9 Å². The maximum Gasteiger partial charge on any atom is 0.306 e.